The number of allylic oxidation sites excluding steroid dienone is 3. The predicted octanol–water partition coefficient (Wildman–Crippen LogP) is 6.77. The molecule has 30 heavy (non-hydrogen) atoms. The normalized spacial score (nSPS) is 15.7. The molecule has 0 fully saturated rings. The van der Waals surface area contributed by atoms with Gasteiger partial charge in [-0.1, -0.05) is 36.4 Å². The van der Waals surface area contributed by atoms with Crippen molar-refractivity contribution >= 4 is 63.2 Å². The summed E-state index contributed by atoms with van der Waals surface area (Å²) >= 11 is 1.84. The zero-order valence-electron chi connectivity index (χ0n) is 16.2. The number of sulfone groups is 1. The molecule has 0 saturated carbocycles. The van der Waals surface area contributed by atoms with Gasteiger partial charge in [0.1, 0.15) is 0 Å². The standard InChI is InChI=1S/C25H19NO2S2/c27-30(28)16-6-8-17(30)7-5-15-26-20-11-3-1-9-18(20)24-21(26)13-14-23-25(24)19-10-2-4-12-22(19)29-23/h1-4,6,8-14,16H,5,7,15H2. The van der Waals surface area contributed by atoms with Crippen LogP contribution in [0.3, 0.4) is 0 Å². The first-order valence-corrected chi connectivity index (χ1v) is 12.4. The lowest BCUT2D eigenvalue weighted by Gasteiger charge is -2.08. The molecule has 2 aromatic heterocycles. The maximum Gasteiger partial charge on any atom is 0.196 e. The van der Waals surface area contributed by atoms with E-state index >= 15 is 0 Å². The number of nitrogens with zero attached hydrogens (tertiary/aromatic N) is 1. The molecular formula is C25H19NO2S2. The molecule has 0 unspecified atom stereocenters. The van der Waals surface area contributed by atoms with Gasteiger partial charge >= 0.3 is 0 Å². The van der Waals surface area contributed by atoms with Crippen molar-refractivity contribution in [3.05, 3.63) is 83.1 Å². The maximum absolute atomic E-state index is 12.1. The van der Waals surface area contributed by atoms with Crippen LogP contribution in [0, 0.1) is 0 Å². The number of aryl methyl sites for hydroxylation is 1. The van der Waals surface area contributed by atoms with Crippen LogP contribution in [-0.4, -0.2) is 13.0 Å². The average molecular weight is 430 g/mol. The number of aromatic nitrogens is 1. The van der Waals surface area contributed by atoms with E-state index in [2.05, 4.69) is 65.2 Å². The van der Waals surface area contributed by atoms with Crippen LogP contribution < -0.4 is 0 Å². The summed E-state index contributed by atoms with van der Waals surface area (Å²) in [7, 11) is -3.19. The molecule has 0 aliphatic carbocycles. The molecule has 3 nitrogen and oxygen atoms in total. The fourth-order valence-corrected chi connectivity index (χ4v) is 6.93. The minimum atomic E-state index is -3.19. The van der Waals surface area contributed by atoms with Crippen LogP contribution in [0.1, 0.15) is 12.8 Å². The molecule has 5 aromatic rings. The summed E-state index contributed by atoms with van der Waals surface area (Å²) in [5.41, 5.74) is 2.42. The molecule has 0 spiro atoms. The minimum absolute atomic E-state index is 0.523. The van der Waals surface area contributed by atoms with Crippen LogP contribution in [0.15, 0.2) is 83.1 Å². The Hall–Kier alpha value is -2.89. The summed E-state index contributed by atoms with van der Waals surface area (Å²) in [5, 5.41) is 6.49. The molecule has 6 rings (SSSR count). The number of hydrogen-bond acceptors (Lipinski definition) is 3. The van der Waals surface area contributed by atoms with E-state index < -0.39 is 9.84 Å². The average Bonchev–Trinajstić information content (AvgIpc) is 3.39. The molecule has 1 aliphatic heterocycles. The highest BCUT2D eigenvalue weighted by Gasteiger charge is 2.19. The number of rotatable bonds is 4. The predicted molar refractivity (Wildman–Crippen MR) is 128 cm³/mol. The highest BCUT2D eigenvalue weighted by atomic mass is 32.2. The Kier molecular flexibility index (Phi) is 3.92. The quantitative estimate of drug-likeness (QED) is 0.316. The van der Waals surface area contributed by atoms with Gasteiger partial charge in [-0.05, 0) is 49.3 Å². The fraction of sp³-hybridized carbons (Fsp3) is 0.120. The molecule has 0 N–H and O–H groups in total. The Labute approximate surface area is 178 Å². The lowest BCUT2D eigenvalue weighted by molar-refractivity contribution is 0.605. The van der Waals surface area contributed by atoms with Crippen molar-refractivity contribution in [2.24, 2.45) is 0 Å². The molecule has 0 radical (unpaired) electrons. The van der Waals surface area contributed by atoms with Gasteiger partial charge in [-0.2, -0.15) is 0 Å². The summed E-state index contributed by atoms with van der Waals surface area (Å²) < 4.78 is 29.1. The van der Waals surface area contributed by atoms with Crippen molar-refractivity contribution in [2.75, 3.05) is 0 Å². The van der Waals surface area contributed by atoms with Crippen LogP contribution in [0.25, 0.3) is 42.0 Å². The third-order valence-electron chi connectivity index (χ3n) is 5.99. The first kappa shape index (κ1) is 17.9. The van der Waals surface area contributed by atoms with Gasteiger partial charge < -0.3 is 4.57 Å². The lowest BCUT2D eigenvalue weighted by Crippen LogP contribution is -2.01. The molecule has 148 valence electrons. The van der Waals surface area contributed by atoms with Crippen LogP contribution in [0.5, 0.6) is 0 Å². The second-order valence-electron chi connectivity index (χ2n) is 7.71. The van der Waals surface area contributed by atoms with E-state index in [0.717, 1.165) is 13.0 Å². The zero-order chi connectivity index (χ0) is 20.3. The molecule has 1 aliphatic rings. The Bertz CT molecular complexity index is 1630. The number of hydrogen-bond donors (Lipinski definition) is 0. The third-order valence-corrected chi connectivity index (χ3v) is 8.71. The lowest BCUT2D eigenvalue weighted by atomic mass is 10.1. The first-order valence-electron chi connectivity index (χ1n) is 10.1. The highest BCUT2D eigenvalue weighted by Crippen LogP contribution is 2.42. The summed E-state index contributed by atoms with van der Waals surface area (Å²) in [6, 6.07) is 21.6. The highest BCUT2D eigenvalue weighted by molar-refractivity contribution is 7.98. The van der Waals surface area contributed by atoms with E-state index in [1.54, 1.807) is 12.2 Å². The summed E-state index contributed by atoms with van der Waals surface area (Å²) in [4.78, 5) is 0.523. The molecule has 0 bridgehead atoms. The van der Waals surface area contributed by atoms with Gasteiger partial charge in [0, 0.05) is 58.8 Å². The van der Waals surface area contributed by atoms with E-state index in [9.17, 15) is 8.42 Å². The van der Waals surface area contributed by atoms with Gasteiger partial charge in [0.15, 0.2) is 9.84 Å². The second-order valence-corrected chi connectivity index (χ2v) is 10.7. The molecule has 0 saturated heterocycles. The maximum atomic E-state index is 12.1. The Morgan fingerprint density at radius 2 is 1.60 bits per heavy atom. The molecule has 5 heteroatoms. The van der Waals surface area contributed by atoms with Gasteiger partial charge in [-0.15, -0.1) is 11.3 Å². The van der Waals surface area contributed by atoms with Gasteiger partial charge in [0.05, 0.1) is 0 Å². The summed E-state index contributed by atoms with van der Waals surface area (Å²) in [6.07, 6.45) is 4.70. The number of para-hydroxylation sites is 1. The first-order chi connectivity index (χ1) is 14.6. The van der Waals surface area contributed by atoms with Gasteiger partial charge in [0.25, 0.3) is 0 Å². The van der Waals surface area contributed by atoms with Crippen molar-refractivity contribution in [1.82, 2.24) is 4.57 Å². The Balaban J connectivity index is 1.52. The largest absolute Gasteiger partial charge is 0.340 e. The molecule has 3 aromatic carbocycles. The minimum Gasteiger partial charge on any atom is -0.340 e. The SMILES string of the molecule is O=S1(=O)C=CC=C1CCCn1c2ccccc2c2c3c(ccc21)sc1ccccc13. The zero-order valence-corrected chi connectivity index (χ0v) is 17.8. The summed E-state index contributed by atoms with van der Waals surface area (Å²) in [5.74, 6) is 0. The van der Waals surface area contributed by atoms with Gasteiger partial charge in [0.2, 0.25) is 0 Å². The van der Waals surface area contributed by atoms with Crippen molar-refractivity contribution in [2.45, 2.75) is 19.4 Å². The van der Waals surface area contributed by atoms with Gasteiger partial charge in [-0.25, -0.2) is 8.42 Å². The molecule has 0 amide bonds. The molecular weight excluding hydrogens is 410 g/mol. The van der Waals surface area contributed by atoms with Crippen LogP contribution in [-0.2, 0) is 16.4 Å². The number of fused-ring (bicyclic) bond motifs is 7. The van der Waals surface area contributed by atoms with Crippen molar-refractivity contribution < 1.29 is 8.42 Å². The Morgan fingerprint density at radius 1 is 0.800 bits per heavy atom. The van der Waals surface area contributed by atoms with E-state index in [4.69, 9.17) is 0 Å². The van der Waals surface area contributed by atoms with E-state index in [-0.39, 0.29) is 0 Å². The van der Waals surface area contributed by atoms with Crippen LogP contribution in [0.4, 0.5) is 0 Å². The number of thiophene rings is 1. The fourth-order valence-electron chi connectivity index (χ4n) is 4.66. The van der Waals surface area contributed by atoms with Crippen LogP contribution >= 0.6 is 11.3 Å². The smallest absolute Gasteiger partial charge is 0.196 e. The van der Waals surface area contributed by atoms with Gasteiger partial charge in [-0.3, -0.25) is 0 Å². The summed E-state index contributed by atoms with van der Waals surface area (Å²) in [6.45, 7) is 0.782. The number of benzene rings is 3. The molecule has 0 atom stereocenters. The second kappa shape index (κ2) is 6.56. The topological polar surface area (TPSA) is 39.1 Å². The Morgan fingerprint density at radius 3 is 2.43 bits per heavy atom. The van der Waals surface area contributed by atoms with E-state index in [0.29, 0.717) is 11.3 Å². The van der Waals surface area contributed by atoms with Crippen molar-refractivity contribution in [3.8, 4) is 0 Å². The van der Waals surface area contributed by atoms with Crippen molar-refractivity contribution in [3.63, 3.8) is 0 Å². The van der Waals surface area contributed by atoms with Crippen molar-refractivity contribution in [1.29, 1.82) is 0 Å². The van der Waals surface area contributed by atoms with E-state index in [1.807, 2.05) is 11.3 Å². The van der Waals surface area contributed by atoms with E-state index in [1.165, 1.54) is 47.4 Å². The molecule has 3 heterocycles. The van der Waals surface area contributed by atoms with Crippen LogP contribution in [0.2, 0.25) is 0 Å². The monoisotopic (exact) mass is 429 g/mol. The third kappa shape index (κ3) is 2.59.